The van der Waals surface area contributed by atoms with Gasteiger partial charge in [0.2, 0.25) is 11.8 Å². The zero-order valence-electron chi connectivity index (χ0n) is 15.8. The molecule has 0 aliphatic carbocycles. The molecule has 0 aliphatic heterocycles. The van der Waals surface area contributed by atoms with Gasteiger partial charge in [0.05, 0.1) is 10.6 Å². The van der Waals surface area contributed by atoms with Crippen LogP contribution in [0, 0.1) is 0 Å². The highest BCUT2D eigenvalue weighted by atomic mass is 32.2. The van der Waals surface area contributed by atoms with E-state index >= 15 is 0 Å². The minimum atomic E-state index is -3.93. The van der Waals surface area contributed by atoms with Crippen molar-refractivity contribution in [3.63, 3.8) is 0 Å². The quantitative estimate of drug-likeness (QED) is 0.452. The Labute approximate surface area is 174 Å². The largest absolute Gasteiger partial charge is 0.439 e. The number of ether oxygens (including phenoxy) is 1. The molecule has 8 heteroatoms. The third kappa shape index (κ3) is 4.56. The number of nitrogens with zero attached hydrogens (tertiary/aromatic N) is 2. The summed E-state index contributed by atoms with van der Waals surface area (Å²) in [5.74, 6) is 0.671. The molecule has 4 aromatic rings. The summed E-state index contributed by atoms with van der Waals surface area (Å²) in [5, 5.41) is 0. The highest BCUT2D eigenvalue weighted by Gasteiger charge is 2.18. The molecule has 1 heterocycles. The van der Waals surface area contributed by atoms with Crippen LogP contribution in [-0.2, 0) is 10.0 Å². The molecule has 3 aromatic carbocycles. The van der Waals surface area contributed by atoms with Crippen molar-refractivity contribution < 1.29 is 13.2 Å². The van der Waals surface area contributed by atoms with Crippen LogP contribution in [0.15, 0.2) is 95.9 Å². The minimum absolute atomic E-state index is 0.0155. The van der Waals surface area contributed by atoms with Crippen molar-refractivity contribution in [1.82, 2.24) is 9.97 Å². The first kappa shape index (κ1) is 19.4. The van der Waals surface area contributed by atoms with Crippen molar-refractivity contribution >= 4 is 21.7 Å². The Morgan fingerprint density at radius 2 is 1.50 bits per heavy atom. The molecule has 0 bridgehead atoms. The number of rotatable bonds is 6. The average molecular weight is 418 g/mol. The highest BCUT2D eigenvalue weighted by molar-refractivity contribution is 7.92. The number of nitrogens with two attached hydrogens (primary N) is 1. The van der Waals surface area contributed by atoms with E-state index in [4.69, 9.17) is 10.5 Å². The van der Waals surface area contributed by atoms with E-state index in [1.165, 1.54) is 12.1 Å². The van der Waals surface area contributed by atoms with Crippen LogP contribution >= 0.6 is 0 Å². The zero-order chi connectivity index (χ0) is 21.0. The van der Waals surface area contributed by atoms with Crippen molar-refractivity contribution in [2.24, 2.45) is 0 Å². The van der Waals surface area contributed by atoms with E-state index in [0.29, 0.717) is 17.1 Å². The van der Waals surface area contributed by atoms with Crippen LogP contribution < -0.4 is 15.2 Å². The van der Waals surface area contributed by atoms with Gasteiger partial charge < -0.3 is 10.5 Å². The average Bonchev–Trinajstić information content (AvgIpc) is 2.75. The van der Waals surface area contributed by atoms with Gasteiger partial charge >= 0.3 is 0 Å². The second-order valence-electron chi connectivity index (χ2n) is 6.37. The van der Waals surface area contributed by atoms with Gasteiger partial charge in [-0.25, -0.2) is 18.1 Å². The zero-order valence-corrected chi connectivity index (χ0v) is 16.6. The van der Waals surface area contributed by atoms with E-state index in [2.05, 4.69) is 14.7 Å². The van der Waals surface area contributed by atoms with Crippen molar-refractivity contribution in [2.45, 2.75) is 4.90 Å². The van der Waals surface area contributed by atoms with Crippen LogP contribution in [0.25, 0.3) is 11.3 Å². The molecule has 0 radical (unpaired) electrons. The van der Waals surface area contributed by atoms with Gasteiger partial charge in [-0.3, -0.25) is 0 Å². The van der Waals surface area contributed by atoms with Crippen LogP contribution in [0.5, 0.6) is 11.6 Å². The van der Waals surface area contributed by atoms with Gasteiger partial charge in [-0.05, 0) is 30.3 Å². The van der Waals surface area contributed by atoms with Gasteiger partial charge in [0.1, 0.15) is 5.75 Å². The molecule has 0 unspecified atom stereocenters. The smallest absolute Gasteiger partial charge is 0.264 e. The third-order valence-electron chi connectivity index (χ3n) is 4.13. The lowest BCUT2D eigenvalue weighted by atomic mass is 10.1. The van der Waals surface area contributed by atoms with Crippen LogP contribution in [0.1, 0.15) is 0 Å². The number of nitrogen functional groups attached to an aromatic ring is 1. The third-order valence-corrected chi connectivity index (χ3v) is 5.46. The molecular weight excluding hydrogens is 400 g/mol. The summed E-state index contributed by atoms with van der Waals surface area (Å²) in [6.45, 7) is 0. The second-order valence-corrected chi connectivity index (χ2v) is 8.06. The van der Waals surface area contributed by atoms with E-state index in [1.807, 2.05) is 48.5 Å². The summed E-state index contributed by atoms with van der Waals surface area (Å²) in [4.78, 5) is 8.61. The Morgan fingerprint density at radius 3 is 2.20 bits per heavy atom. The SMILES string of the molecule is Nc1cccc(S(=O)(=O)Nc2nc(Oc3ccccc3)cc(-c3ccccc3)n2)c1. The molecule has 3 N–H and O–H groups in total. The first-order chi connectivity index (χ1) is 14.5. The van der Waals surface area contributed by atoms with Gasteiger partial charge in [-0.15, -0.1) is 0 Å². The Kier molecular flexibility index (Phi) is 5.32. The first-order valence-corrected chi connectivity index (χ1v) is 10.5. The monoisotopic (exact) mass is 418 g/mol. The fourth-order valence-corrected chi connectivity index (χ4v) is 3.75. The number of nitrogens with one attached hydrogen (secondary N) is 1. The molecule has 0 saturated carbocycles. The van der Waals surface area contributed by atoms with Gasteiger partial charge in [0, 0.05) is 17.3 Å². The molecule has 0 amide bonds. The van der Waals surface area contributed by atoms with E-state index in [9.17, 15) is 8.42 Å². The fourth-order valence-electron chi connectivity index (χ4n) is 2.75. The lowest BCUT2D eigenvalue weighted by Gasteiger charge is -2.11. The molecular formula is C22H18N4O3S. The lowest BCUT2D eigenvalue weighted by Crippen LogP contribution is -2.15. The minimum Gasteiger partial charge on any atom is -0.439 e. The topological polar surface area (TPSA) is 107 Å². The van der Waals surface area contributed by atoms with Crippen molar-refractivity contribution in [3.05, 3.63) is 91.0 Å². The molecule has 1 aromatic heterocycles. The summed E-state index contributed by atoms with van der Waals surface area (Å²) in [7, 11) is -3.93. The van der Waals surface area contributed by atoms with Gasteiger partial charge in [-0.2, -0.15) is 4.98 Å². The first-order valence-electron chi connectivity index (χ1n) is 9.05. The number of benzene rings is 3. The summed E-state index contributed by atoms with van der Waals surface area (Å²) in [6.07, 6.45) is 0. The van der Waals surface area contributed by atoms with Gasteiger partial charge in [-0.1, -0.05) is 54.6 Å². The molecule has 4 rings (SSSR count). The number of aromatic nitrogens is 2. The maximum Gasteiger partial charge on any atom is 0.264 e. The van der Waals surface area contributed by atoms with E-state index in [-0.39, 0.29) is 16.7 Å². The highest BCUT2D eigenvalue weighted by Crippen LogP contribution is 2.27. The Bertz CT molecular complexity index is 1260. The Balaban J connectivity index is 1.74. The van der Waals surface area contributed by atoms with E-state index in [1.54, 1.807) is 30.3 Å². The standard InChI is InChI=1S/C22H18N4O3S/c23-17-10-7-13-19(14-17)30(27,28)26-22-24-20(16-8-3-1-4-9-16)15-21(25-22)29-18-11-5-2-6-12-18/h1-15H,23H2,(H,24,25,26). The summed E-state index contributed by atoms with van der Waals surface area (Å²) < 4.78 is 33.8. The Hall–Kier alpha value is -3.91. The van der Waals surface area contributed by atoms with Gasteiger partial charge in [0.25, 0.3) is 10.0 Å². The van der Waals surface area contributed by atoms with Crippen molar-refractivity contribution in [2.75, 3.05) is 10.5 Å². The second kappa shape index (κ2) is 8.22. The van der Waals surface area contributed by atoms with Gasteiger partial charge in [0.15, 0.2) is 0 Å². The summed E-state index contributed by atoms with van der Waals surface area (Å²) in [5.41, 5.74) is 7.36. The predicted molar refractivity (Wildman–Crippen MR) is 116 cm³/mol. The van der Waals surface area contributed by atoms with Crippen LogP contribution in [0.3, 0.4) is 0 Å². The molecule has 0 aliphatic rings. The molecule has 150 valence electrons. The maximum atomic E-state index is 12.8. The lowest BCUT2D eigenvalue weighted by molar-refractivity contribution is 0.463. The predicted octanol–water partition coefficient (Wildman–Crippen LogP) is 4.32. The van der Waals surface area contributed by atoms with Crippen LogP contribution in [0.2, 0.25) is 0 Å². The molecule has 0 fully saturated rings. The van der Waals surface area contributed by atoms with Crippen molar-refractivity contribution in [3.8, 4) is 22.9 Å². The number of hydrogen-bond donors (Lipinski definition) is 2. The molecule has 0 atom stereocenters. The number of anilines is 2. The van der Waals surface area contributed by atoms with Crippen LogP contribution in [-0.4, -0.2) is 18.4 Å². The normalized spacial score (nSPS) is 11.1. The molecule has 0 spiro atoms. The summed E-state index contributed by atoms with van der Waals surface area (Å²) in [6, 6.07) is 26.1. The fraction of sp³-hybridized carbons (Fsp3) is 0. The summed E-state index contributed by atoms with van der Waals surface area (Å²) >= 11 is 0. The maximum absolute atomic E-state index is 12.8. The number of para-hydroxylation sites is 1. The molecule has 0 saturated heterocycles. The van der Waals surface area contributed by atoms with E-state index < -0.39 is 10.0 Å². The van der Waals surface area contributed by atoms with E-state index in [0.717, 1.165) is 5.56 Å². The number of hydrogen-bond acceptors (Lipinski definition) is 6. The molecule has 30 heavy (non-hydrogen) atoms. The Morgan fingerprint density at radius 1 is 0.800 bits per heavy atom. The number of sulfonamides is 1. The van der Waals surface area contributed by atoms with Crippen LogP contribution in [0.4, 0.5) is 11.6 Å². The van der Waals surface area contributed by atoms with Crippen molar-refractivity contribution in [1.29, 1.82) is 0 Å². The molecule has 7 nitrogen and oxygen atoms in total.